The van der Waals surface area contributed by atoms with E-state index in [2.05, 4.69) is 0 Å². The summed E-state index contributed by atoms with van der Waals surface area (Å²) in [5.41, 5.74) is 0. The first kappa shape index (κ1) is 14.6. The van der Waals surface area contributed by atoms with E-state index in [1.807, 2.05) is 0 Å². The fourth-order valence-corrected chi connectivity index (χ4v) is 2.63. The zero-order valence-corrected chi connectivity index (χ0v) is 11.9. The molecule has 7 heteroatoms. The summed E-state index contributed by atoms with van der Waals surface area (Å²) in [6.07, 6.45) is 0. The third-order valence-electron chi connectivity index (χ3n) is 2.43. The average molecular weight is 317 g/mol. The first-order valence-corrected chi connectivity index (χ1v) is 7.24. The van der Waals surface area contributed by atoms with Gasteiger partial charge in [0.15, 0.2) is 0 Å². The molecule has 0 radical (unpaired) electrons. The molecule has 20 heavy (non-hydrogen) atoms. The van der Waals surface area contributed by atoms with Gasteiger partial charge in [-0.2, -0.15) is 8.42 Å². The maximum atomic E-state index is 13.6. The van der Waals surface area contributed by atoms with E-state index in [1.54, 1.807) is 0 Å². The first-order valence-electron chi connectivity index (χ1n) is 5.46. The monoisotopic (exact) mass is 316 g/mol. The van der Waals surface area contributed by atoms with E-state index in [0.717, 1.165) is 12.1 Å². The fraction of sp³-hybridized carbons (Fsp3) is 0.0769. The van der Waals surface area contributed by atoms with Crippen LogP contribution in [0.3, 0.4) is 0 Å². The molecule has 0 atom stereocenters. The van der Waals surface area contributed by atoms with Crippen LogP contribution in [0.4, 0.5) is 4.39 Å². The molecule has 2 aromatic rings. The number of hydrogen-bond donors (Lipinski definition) is 0. The summed E-state index contributed by atoms with van der Waals surface area (Å²) >= 11 is 5.57. The molecule has 2 aromatic carbocycles. The SMILES string of the molecule is COc1ccc(OS(=O)(=O)c2ccc(Cl)cc2F)cc1. The molecule has 4 nitrogen and oxygen atoms in total. The van der Waals surface area contributed by atoms with Crippen LogP contribution in [0.2, 0.25) is 5.02 Å². The minimum atomic E-state index is -4.25. The molecule has 0 bridgehead atoms. The van der Waals surface area contributed by atoms with Crippen molar-refractivity contribution in [3.63, 3.8) is 0 Å². The lowest BCUT2D eigenvalue weighted by atomic mass is 10.3. The van der Waals surface area contributed by atoms with Crippen LogP contribution in [0, 0.1) is 5.82 Å². The van der Waals surface area contributed by atoms with Crippen LogP contribution >= 0.6 is 11.6 Å². The Morgan fingerprint density at radius 1 is 1.05 bits per heavy atom. The van der Waals surface area contributed by atoms with Crippen LogP contribution < -0.4 is 8.92 Å². The summed E-state index contributed by atoms with van der Waals surface area (Å²) in [6, 6.07) is 9.11. The molecule has 0 unspecified atom stereocenters. The molecular weight excluding hydrogens is 307 g/mol. The van der Waals surface area contributed by atoms with Crippen LogP contribution in [-0.2, 0) is 10.1 Å². The average Bonchev–Trinajstić information content (AvgIpc) is 2.38. The van der Waals surface area contributed by atoms with Crippen LogP contribution in [0.1, 0.15) is 0 Å². The molecule has 0 aliphatic heterocycles. The predicted molar refractivity (Wildman–Crippen MR) is 72.2 cm³/mol. The Balaban J connectivity index is 2.30. The summed E-state index contributed by atoms with van der Waals surface area (Å²) in [6.45, 7) is 0. The van der Waals surface area contributed by atoms with Gasteiger partial charge < -0.3 is 8.92 Å². The van der Waals surface area contributed by atoms with E-state index in [9.17, 15) is 12.8 Å². The maximum absolute atomic E-state index is 13.6. The van der Waals surface area contributed by atoms with Gasteiger partial charge in [-0.05, 0) is 42.5 Å². The minimum absolute atomic E-state index is 0.0557. The summed E-state index contributed by atoms with van der Waals surface area (Å²) in [4.78, 5) is -0.572. The fourth-order valence-electron chi connectivity index (χ4n) is 1.48. The van der Waals surface area contributed by atoms with E-state index < -0.39 is 20.8 Å². The van der Waals surface area contributed by atoms with Crippen molar-refractivity contribution in [3.05, 3.63) is 53.3 Å². The molecule has 106 valence electrons. The van der Waals surface area contributed by atoms with Crippen molar-refractivity contribution in [1.29, 1.82) is 0 Å². The van der Waals surface area contributed by atoms with Crippen molar-refractivity contribution >= 4 is 21.7 Å². The van der Waals surface area contributed by atoms with E-state index in [-0.39, 0.29) is 10.8 Å². The molecule has 0 aromatic heterocycles. The van der Waals surface area contributed by atoms with Gasteiger partial charge in [0.2, 0.25) is 0 Å². The highest BCUT2D eigenvalue weighted by molar-refractivity contribution is 7.87. The molecule has 0 aliphatic rings. The molecule has 0 heterocycles. The quantitative estimate of drug-likeness (QED) is 0.812. The Kier molecular flexibility index (Phi) is 4.15. The molecule has 0 saturated carbocycles. The Hall–Kier alpha value is -1.79. The van der Waals surface area contributed by atoms with Crippen molar-refractivity contribution in [2.24, 2.45) is 0 Å². The highest BCUT2D eigenvalue weighted by Gasteiger charge is 2.21. The number of methoxy groups -OCH3 is 1. The normalized spacial score (nSPS) is 11.2. The van der Waals surface area contributed by atoms with Gasteiger partial charge in [0, 0.05) is 5.02 Å². The standard InChI is InChI=1S/C13H10ClFO4S/c1-18-10-3-5-11(6-4-10)19-20(16,17)13-7-2-9(14)8-12(13)15/h2-8H,1H3. The maximum Gasteiger partial charge on any atom is 0.342 e. The Labute approximate surface area is 120 Å². The van der Waals surface area contributed by atoms with Crippen LogP contribution in [0.25, 0.3) is 0 Å². The Morgan fingerprint density at radius 2 is 1.65 bits per heavy atom. The molecule has 0 spiro atoms. The van der Waals surface area contributed by atoms with Crippen LogP contribution in [0.5, 0.6) is 11.5 Å². The van der Waals surface area contributed by atoms with E-state index in [1.165, 1.54) is 37.4 Å². The Morgan fingerprint density at radius 3 is 2.20 bits per heavy atom. The number of benzene rings is 2. The smallest absolute Gasteiger partial charge is 0.342 e. The largest absolute Gasteiger partial charge is 0.497 e. The van der Waals surface area contributed by atoms with Crippen molar-refractivity contribution in [3.8, 4) is 11.5 Å². The Bertz CT molecular complexity index is 714. The van der Waals surface area contributed by atoms with Gasteiger partial charge >= 0.3 is 10.1 Å². The van der Waals surface area contributed by atoms with Crippen molar-refractivity contribution < 1.29 is 21.7 Å². The van der Waals surface area contributed by atoms with Crippen molar-refractivity contribution in [1.82, 2.24) is 0 Å². The summed E-state index contributed by atoms with van der Waals surface area (Å²) < 4.78 is 47.3. The van der Waals surface area contributed by atoms with Gasteiger partial charge in [0.25, 0.3) is 0 Å². The molecule has 0 N–H and O–H groups in total. The van der Waals surface area contributed by atoms with E-state index >= 15 is 0 Å². The summed E-state index contributed by atoms with van der Waals surface area (Å²) in [5, 5.41) is 0.103. The third kappa shape index (κ3) is 3.20. The van der Waals surface area contributed by atoms with Crippen molar-refractivity contribution in [2.45, 2.75) is 4.90 Å². The van der Waals surface area contributed by atoms with Gasteiger partial charge in [-0.3, -0.25) is 0 Å². The van der Waals surface area contributed by atoms with Gasteiger partial charge in [0.05, 0.1) is 7.11 Å². The first-order chi connectivity index (χ1) is 9.42. The van der Waals surface area contributed by atoms with E-state index in [4.69, 9.17) is 20.5 Å². The third-order valence-corrected chi connectivity index (χ3v) is 3.95. The second-order valence-corrected chi connectivity index (χ2v) is 5.74. The van der Waals surface area contributed by atoms with E-state index in [0.29, 0.717) is 5.75 Å². The van der Waals surface area contributed by atoms with Crippen LogP contribution in [-0.4, -0.2) is 15.5 Å². The molecule has 0 amide bonds. The number of halogens is 2. The zero-order chi connectivity index (χ0) is 14.8. The summed E-state index contributed by atoms with van der Waals surface area (Å²) in [5.74, 6) is -0.362. The molecule has 0 aliphatic carbocycles. The number of hydrogen-bond acceptors (Lipinski definition) is 4. The molecule has 0 saturated heterocycles. The lowest BCUT2D eigenvalue weighted by Gasteiger charge is -2.08. The second kappa shape index (κ2) is 5.68. The topological polar surface area (TPSA) is 52.6 Å². The predicted octanol–water partition coefficient (Wildman–Crippen LogP) is 3.26. The minimum Gasteiger partial charge on any atom is -0.497 e. The van der Waals surface area contributed by atoms with Gasteiger partial charge in [-0.15, -0.1) is 0 Å². The van der Waals surface area contributed by atoms with Gasteiger partial charge in [-0.25, -0.2) is 4.39 Å². The van der Waals surface area contributed by atoms with Crippen molar-refractivity contribution in [2.75, 3.05) is 7.11 Å². The van der Waals surface area contributed by atoms with Gasteiger partial charge in [0.1, 0.15) is 22.2 Å². The van der Waals surface area contributed by atoms with Crippen LogP contribution in [0.15, 0.2) is 47.4 Å². The zero-order valence-electron chi connectivity index (χ0n) is 10.3. The molecule has 0 fully saturated rings. The lowest BCUT2D eigenvalue weighted by Crippen LogP contribution is -2.11. The lowest BCUT2D eigenvalue weighted by molar-refractivity contribution is 0.413. The number of ether oxygens (including phenoxy) is 1. The van der Waals surface area contributed by atoms with Gasteiger partial charge in [-0.1, -0.05) is 11.6 Å². The number of rotatable bonds is 4. The highest BCUT2D eigenvalue weighted by Crippen LogP contribution is 2.24. The second-order valence-electron chi connectivity index (χ2n) is 3.79. The highest BCUT2D eigenvalue weighted by atomic mass is 35.5. The molecule has 2 rings (SSSR count). The summed E-state index contributed by atoms with van der Waals surface area (Å²) in [7, 11) is -2.77. The molecular formula is C13H10ClFO4S.